The molecule has 2 aromatic heterocycles. The normalized spacial score (nSPS) is 18.1. The maximum atomic E-state index is 13.4. The summed E-state index contributed by atoms with van der Waals surface area (Å²) in [5.41, 5.74) is 0.201. The molecule has 0 aromatic carbocycles. The minimum absolute atomic E-state index is 0.199. The fourth-order valence-electron chi connectivity index (χ4n) is 4.66. The Morgan fingerprint density at radius 3 is 2.55 bits per heavy atom. The van der Waals surface area contributed by atoms with Gasteiger partial charge in [0, 0.05) is 11.9 Å². The first-order chi connectivity index (χ1) is 15.7. The second-order valence-electron chi connectivity index (χ2n) is 8.58. The lowest BCUT2D eigenvalue weighted by Gasteiger charge is -2.39. The molecule has 2 aromatic rings. The van der Waals surface area contributed by atoms with Gasteiger partial charge >= 0.3 is 12.2 Å². The quantitative estimate of drug-likeness (QED) is 0.704. The van der Waals surface area contributed by atoms with Crippen LogP contribution in [0.4, 0.5) is 29.5 Å². The number of amides is 3. The van der Waals surface area contributed by atoms with Crippen molar-refractivity contribution in [3.05, 3.63) is 47.9 Å². The van der Waals surface area contributed by atoms with Gasteiger partial charge in [-0.15, -0.1) is 0 Å². The number of rotatable bonds is 5. The number of nitrogens with zero attached hydrogens (tertiary/aromatic N) is 4. The van der Waals surface area contributed by atoms with E-state index in [1.54, 1.807) is 16.0 Å². The number of alkyl halides is 3. The summed E-state index contributed by atoms with van der Waals surface area (Å²) in [4.78, 5) is 37.6. The zero-order chi connectivity index (χ0) is 23.6. The molecular weight excluding hydrogens is 435 g/mol. The van der Waals surface area contributed by atoms with Crippen molar-refractivity contribution in [2.75, 3.05) is 23.3 Å². The van der Waals surface area contributed by atoms with Gasteiger partial charge in [0.2, 0.25) is 5.91 Å². The zero-order valence-electron chi connectivity index (χ0n) is 18.4. The van der Waals surface area contributed by atoms with E-state index in [9.17, 15) is 22.8 Å². The van der Waals surface area contributed by atoms with Crippen LogP contribution in [0, 0.1) is 0 Å². The maximum absolute atomic E-state index is 13.4. The lowest BCUT2D eigenvalue weighted by molar-refractivity contribution is -0.137. The molecule has 176 valence electrons. The van der Waals surface area contributed by atoms with Gasteiger partial charge in [0.15, 0.2) is 0 Å². The number of halogens is 3. The van der Waals surface area contributed by atoms with Crippen LogP contribution in [0.2, 0.25) is 0 Å². The number of hydrogen-bond acceptors (Lipinski definition) is 4. The van der Waals surface area contributed by atoms with E-state index in [0.717, 1.165) is 62.5 Å². The van der Waals surface area contributed by atoms with Gasteiger partial charge < -0.3 is 10.2 Å². The highest BCUT2D eigenvalue weighted by atomic mass is 19.4. The van der Waals surface area contributed by atoms with E-state index < -0.39 is 23.2 Å². The minimum Gasteiger partial charge on any atom is -0.309 e. The molecule has 10 heteroatoms. The van der Waals surface area contributed by atoms with Gasteiger partial charge in [0.25, 0.3) is 0 Å². The number of carbonyl (C=O) groups excluding carboxylic acids is 2. The molecule has 0 bridgehead atoms. The summed E-state index contributed by atoms with van der Waals surface area (Å²) in [7, 11) is 0. The summed E-state index contributed by atoms with van der Waals surface area (Å²) in [6.07, 6.45) is 3.41. The van der Waals surface area contributed by atoms with Crippen LogP contribution in [0.15, 0.2) is 36.7 Å². The van der Waals surface area contributed by atoms with Crippen molar-refractivity contribution < 1.29 is 22.8 Å². The van der Waals surface area contributed by atoms with Crippen LogP contribution in [-0.4, -0.2) is 45.4 Å². The lowest BCUT2D eigenvalue weighted by atomic mass is 9.81. The molecule has 33 heavy (non-hydrogen) atoms. The third kappa shape index (κ3) is 4.79. The predicted octanol–water partition coefficient (Wildman–Crippen LogP) is 4.64. The first-order valence-corrected chi connectivity index (χ1v) is 11.1. The van der Waals surface area contributed by atoms with Crippen molar-refractivity contribution >= 4 is 23.4 Å². The Kier molecular flexibility index (Phi) is 6.27. The topological polar surface area (TPSA) is 78.4 Å². The van der Waals surface area contributed by atoms with Crippen LogP contribution >= 0.6 is 0 Å². The summed E-state index contributed by atoms with van der Waals surface area (Å²) in [6.45, 7) is 2.20. The first kappa shape index (κ1) is 23.0. The SMILES string of the molecule is CCc1ccc(N2CC3(CCCCC3)N(CC(=O)Nc3cc(C(F)(F)F)ccn3)C2=O)cn1. The van der Waals surface area contributed by atoms with Crippen molar-refractivity contribution in [1.82, 2.24) is 14.9 Å². The average Bonchev–Trinajstić information content (AvgIpc) is 3.05. The van der Waals surface area contributed by atoms with Gasteiger partial charge in [-0.25, -0.2) is 9.78 Å². The molecule has 0 atom stereocenters. The maximum Gasteiger partial charge on any atom is 0.416 e. The van der Waals surface area contributed by atoms with Crippen molar-refractivity contribution in [2.24, 2.45) is 0 Å². The third-order valence-electron chi connectivity index (χ3n) is 6.41. The predicted molar refractivity (Wildman–Crippen MR) is 117 cm³/mol. The average molecular weight is 461 g/mol. The molecular formula is C23H26F3N5O2. The van der Waals surface area contributed by atoms with E-state index in [1.807, 2.05) is 19.1 Å². The van der Waals surface area contributed by atoms with Crippen molar-refractivity contribution in [3.63, 3.8) is 0 Å². The molecule has 1 saturated heterocycles. The van der Waals surface area contributed by atoms with Crippen LogP contribution in [0.1, 0.15) is 50.3 Å². The highest BCUT2D eigenvalue weighted by molar-refractivity contribution is 6.00. The number of nitrogens with one attached hydrogen (secondary N) is 1. The minimum atomic E-state index is -4.54. The highest BCUT2D eigenvalue weighted by Gasteiger charge is 2.50. The zero-order valence-corrected chi connectivity index (χ0v) is 18.4. The van der Waals surface area contributed by atoms with E-state index in [-0.39, 0.29) is 18.4 Å². The second kappa shape index (κ2) is 8.99. The monoisotopic (exact) mass is 461 g/mol. The molecule has 7 nitrogen and oxygen atoms in total. The molecule has 3 heterocycles. The lowest BCUT2D eigenvalue weighted by Crippen LogP contribution is -2.51. The molecule has 4 rings (SSSR count). The van der Waals surface area contributed by atoms with Gasteiger partial charge in [-0.05, 0) is 43.5 Å². The summed E-state index contributed by atoms with van der Waals surface area (Å²) < 4.78 is 38.9. The van der Waals surface area contributed by atoms with E-state index in [1.165, 1.54) is 0 Å². The highest BCUT2D eigenvalue weighted by Crippen LogP contribution is 2.41. The molecule has 0 unspecified atom stereocenters. The van der Waals surface area contributed by atoms with E-state index in [0.29, 0.717) is 12.2 Å². The molecule has 1 aliphatic carbocycles. The number of carbonyl (C=O) groups is 2. The standard InChI is InChI=1S/C23H26F3N5O2/c1-2-17-6-7-18(13-28-17)30-15-22(9-4-3-5-10-22)31(21(30)33)14-20(32)29-19-12-16(8-11-27-19)23(24,25)26/h6-8,11-13H,2-5,9-10,14-15H2,1H3,(H,27,29,32). The summed E-state index contributed by atoms with van der Waals surface area (Å²) in [5, 5.41) is 2.42. The van der Waals surface area contributed by atoms with Gasteiger partial charge in [0.05, 0.1) is 29.5 Å². The summed E-state index contributed by atoms with van der Waals surface area (Å²) in [5.74, 6) is -0.781. The van der Waals surface area contributed by atoms with Crippen molar-refractivity contribution in [2.45, 2.75) is 57.2 Å². The second-order valence-corrected chi connectivity index (χ2v) is 8.58. The Morgan fingerprint density at radius 2 is 1.91 bits per heavy atom. The molecule has 1 spiro atoms. The third-order valence-corrected chi connectivity index (χ3v) is 6.41. The summed E-state index contributed by atoms with van der Waals surface area (Å²) in [6, 6.07) is 5.07. The Morgan fingerprint density at radius 1 is 1.15 bits per heavy atom. The smallest absolute Gasteiger partial charge is 0.309 e. The largest absolute Gasteiger partial charge is 0.416 e. The van der Waals surface area contributed by atoms with E-state index >= 15 is 0 Å². The van der Waals surface area contributed by atoms with Crippen LogP contribution in [0.3, 0.4) is 0 Å². The van der Waals surface area contributed by atoms with Crippen molar-refractivity contribution in [3.8, 4) is 0 Å². The Balaban J connectivity index is 1.54. The van der Waals surface area contributed by atoms with Gasteiger partial charge in [-0.2, -0.15) is 13.2 Å². The van der Waals surface area contributed by atoms with Gasteiger partial charge in [0.1, 0.15) is 12.4 Å². The molecule has 1 N–H and O–H groups in total. The number of aromatic nitrogens is 2. The molecule has 0 radical (unpaired) electrons. The fraction of sp³-hybridized carbons (Fsp3) is 0.478. The Labute approximate surface area is 190 Å². The Bertz CT molecular complexity index is 1020. The Hall–Kier alpha value is -3.17. The van der Waals surface area contributed by atoms with Crippen LogP contribution in [-0.2, 0) is 17.4 Å². The van der Waals surface area contributed by atoms with E-state index in [2.05, 4.69) is 15.3 Å². The number of pyridine rings is 2. The molecule has 1 saturated carbocycles. The van der Waals surface area contributed by atoms with Crippen LogP contribution < -0.4 is 10.2 Å². The van der Waals surface area contributed by atoms with Gasteiger partial charge in [-0.1, -0.05) is 26.2 Å². The number of hydrogen-bond donors (Lipinski definition) is 1. The van der Waals surface area contributed by atoms with Crippen molar-refractivity contribution in [1.29, 1.82) is 0 Å². The summed E-state index contributed by atoms with van der Waals surface area (Å²) >= 11 is 0. The number of aryl methyl sites for hydroxylation is 1. The molecule has 2 fully saturated rings. The van der Waals surface area contributed by atoms with E-state index in [4.69, 9.17) is 0 Å². The molecule has 3 amide bonds. The first-order valence-electron chi connectivity index (χ1n) is 11.1. The number of urea groups is 1. The molecule has 2 aliphatic rings. The van der Waals surface area contributed by atoms with Gasteiger partial charge in [-0.3, -0.25) is 14.7 Å². The number of anilines is 2. The van der Waals surface area contributed by atoms with Crippen LogP contribution in [0.25, 0.3) is 0 Å². The fourth-order valence-corrected chi connectivity index (χ4v) is 4.66. The van der Waals surface area contributed by atoms with Crippen LogP contribution in [0.5, 0.6) is 0 Å². The molecule has 1 aliphatic heterocycles.